The Bertz CT molecular complexity index is 551. The molecule has 0 bridgehead atoms. The first-order valence-corrected chi connectivity index (χ1v) is 6.18. The van der Waals surface area contributed by atoms with Gasteiger partial charge in [0, 0.05) is 5.56 Å². The Kier molecular flexibility index (Phi) is 3.95. The lowest BCUT2D eigenvalue weighted by molar-refractivity contribution is -0.138. The van der Waals surface area contributed by atoms with E-state index in [1.54, 1.807) is 24.3 Å². The Morgan fingerprint density at radius 3 is 2.44 bits per heavy atom. The number of hydrogen-bond donors (Lipinski definition) is 0. The predicted octanol–water partition coefficient (Wildman–Crippen LogP) is 3.53. The van der Waals surface area contributed by atoms with Gasteiger partial charge >= 0.3 is 5.97 Å². The van der Waals surface area contributed by atoms with Gasteiger partial charge in [0.1, 0.15) is 11.1 Å². The summed E-state index contributed by atoms with van der Waals surface area (Å²) in [5.41, 5.74) is 0.364. The molecule has 0 aliphatic carbocycles. The first kappa shape index (κ1) is 13.4. The molecule has 6 heteroatoms. The van der Waals surface area contributed by atoms with Crippen LogP contribution in [-0.2, 0) is 9.53 Å². The maximum absolute atomic E-state index is 12.0. The lowest BCUT2D eigenvalue weighted by atomic mass is 10.1. The molecule has 94 valence electrons. The molecule has 2 rings (SSSR count). The van der Waals surface area contributed by atoms with Gasteiger partial charge in [0.15, 0.2) is 5.78 Å². The van der Waals surface area contributed by atoms with E-state index >= 15 is 0 Å². The average molecular weight is 306 g/mol. The van der Waals surface area contributed by atoms with Gasteiger partial charge in [-0.3, -0.25) is 4.79 Å². The van der Waals surface area contributed by atoms with Crippen molar-refractivity contribution in [3.05, 3.63) is 44.9 Å². The highest BCUT2D eigenvalue weighted by Gasteiger charge is 2.34. The minimum absolute atomic E-state index is 0.0575. The Hall–Kier alpha value is -1.03. The zero-order chi connectivity index (χ0) is 13.3. The first-order chi connectivity index (χ1) is 8.50. The van der Waals surface area contributed by atoms with Gasteiger partial charge in [-0.2, -0.15) is 0 Å². The zero-order valence-corrected chi connectivity index (χ0v) is 11.2. The fourth-order valence-corrected chi connectivity index (χ4v) is 2.17. The van der Waals surface area contributed by atoms with Gasteiger partial charge in [0.25, 0.3) is 0 Å². The number of ether oxygens (including phenoxy) is 1. The van der Waals surface area contributed by atoms with Gasteiger partial charge in [-0.05, 0) is 12.1 Å². The maximum Gasteiger partial charge on any atom is 0.351 e. The number of ketones is 1. The number of halogens is 3. The fourth-order valence-electron chi connectivity index (χ4n) is 1.57. The molecule has 0 amide bonds. The summed E-state index contributed by atoms with van der Waals surface area (Å²) < 4.78 is 4.88. The summed E-state index contributed by atoms with van der Waals surface area (Å²) in [5, 5.41) is 0.230. The average Bonchev–Trinajstić information content (AvgIpc) is 2.57. The zero-order valence-electron chi connectivity index (χ0n) is 8.95. The second-order valence-electron chi connectivity index (χ2n) is 3.66. The summed E-state index contributed by atoms with van der Waals surface area (Å²) in [6, 6.07) is 6.63. The van der Waals surface area contributed by atoms with Crippen LogP contribution in [0.4, 0.5) is 0 Å². The molecule has 1 aliphatic rings. The number of cyclic esters (lactones) is 1. The normalized spacial score (nSPS) is 19.1. The summed E-state index contributed by atoms with van der Waals surface area (Å²) in [6.45, 7) is 0. The molecular weight excluding hydrogens is 298 g/mol. The van der Waals surface area contributed by atoms with Crippen molar-refractivity contribution in [3.8, 4) is 0 Å². The first-order valence-electron chi connectivity index (χ1n) is 5.04. The van der Waals surface area contributed by atoms with Crippen LogP contribution in [0.5, 0.6) is 0 Å². The van der Waals surface area contributed by atoms with E-state index in [9.17, 15) is 9.59 Å². The molecule has 0 spiro atoms. The highest BCUT2D eigenvalue weighted by atomic mass is 35.5. The van der Waals surface area contributed by atoms with E-state index in [1.807, 2.05) is 0 Å². The maximum atomic E-state index is 12.0. The Morgan fingerprint density at radius 1 is 1.22 bits per heavy atom. The second kappa shape index (κ2) is 5.31. The number of Topliss-reactive ketones (excluding diaryl/α,β-unsaturated/α-hetero) is 1. The number of rotatable bonds is 3. The van der Waals surface area contributed by atoms with E-state index in [4.69, 9.17) is 39.5 Å². The number of benzene rings is 1. The van der Waals surface area contributed by atoms with E-state index < -0.39 is 12.1 Å². The SMILES string of the molecule is O=C1O[C@@H](CC(=O)c2ccccc2Cl)C(Cl)=C1Cl. The summed E-state index contributed by atoms with van der Waals surface area (Å²) in [7, 11) is 0. The molecule has 1 heterocycles. The minimum Gasteiger partial charge on any atom is -0.452 e. The van der Waals surface area contributed by atoms with Crippen molar-refractivity contribution in [1.82, 2.24) is 0 Å². The molecule has 1 aromatic carbocycles. The van der Waals surface area contributed by atoms with Crippen molar-refractivity contribution in [2.24, 2.45) is 0 Å². The topological polar surface area (TPSA) is 43.4 Å². The molecule has 0 N–H and O–H groups in total. The van der Waals surface area contributed by atoms with E-state index in [1.165, 1.54) is 0 Å². The number of esters is 1. The van der Waals surface area contributed by atoms with Crippen LogP contribution in [0, 0.1) is 0 Å². The Balaban J connectivity index is 2.15. The van der Waals surface area contributed by atoms with Crippen LogP contribution in [0.3, 0.4) is 0 Å². The number of hydrogen-bond acceptors (Lipinski definition) is 3. The molecule has 18 heavy (non-hydrogen) atoms. The van der Waals surface area contributed by atoms with E-state index in [0.29, 0.717) is 10.6 Å². The quantitative estimate of drug-likeness (QED) is 0.634. The lowest BCUT2D eigenvalue weighted by Crippen LogP contribution is -2.16. The third-order valence-electron chi connectivity index (χ3n) is 2.47. The third-order valence-corrected chi connectivity index (χ3v) is 3.68. The lowest BCUT2D eigenvalue weighted by Gasteiger charge is -2.09. The molecule has 3 nitrogen and oxygen atoms in total. The predicted molar refractivity (Wildman–Crippen MR) is 69.0 cm³/mol. The molecule has 0 unspecified atom stereocenters. The van der Waals surface area contributed by atoms with Crippen molar-refractivity contribution in [2.45, 2.75) is 12.5 Å². The van der Waals surface area contributed by atoms with Crippen molar-refractivity contribution in [1.29, 1.82) is 0 Å². The van der Waals surface area contributed by atoms with E-state index in [0.717, 1.165) is 0 Å². The minimum atomic E-state index is -0.824. The van der Waals surface area contributed by atoms with Gasteiger partial charge in [0.2, 0.25) is 0 Å². The summed E-state index contributed by atoms with van der Waals surface area (Å²) in [4.78, 5) is 23.1. The molecule has 1 aliphatic heterocycles. The van der Waals surface area contributed by atoms with Crippen LogP contribution in [0.15, 0.2) is 34.3 Å². The molecule has 0 saturated carbocycles. The largest absolute Gasteiger partial charge is 0.452 e. The van der Waals surface area contributed by atoms with Crippen molar-refractivity contribution in [3.63, 3.8) is 0 Å². The highest BCUT2D eigenvalue weighted by molar-refractivity contribution is 6.48. The van der Waals surface area contributed by atoms with Gasteiger partial charge in [-0.15, -0.1) is 0 Å². The molecule has 0 radical (unpaired) electrons. The van der Waals surface area contributed by atoms with Gasteiger partial charge in [-0.25, -0.2) is 4.79 Å². The van der Waals surface area contributed by atoms with Crippen molar-refractivity contribution in [2.75, 3.05) is 0 Å². The molecular formula is C12H7Cl3O3. The smallest absolute Gasteiger partial charge is 0.351 e. The van der Waals surface area contributed by atoms with Crippen molar-refractivity contribution < 1.29 is 14.3 Å². The monoisotopic (exact) mass is 304 g/mol. The standard InChI is InChI=1S/C12H7Cl3O3/c13-7-4-2-1-3-6(7)8(16)5-9-10(14)11(15)12(17)18-9/h1-4,9H,5H2/t9-/m0/s1. The number of carbonyl (C=O) groups is 2. The van der Waals surface area contributed by atoms with Crippen molar-refractivity contribution >= 4 is 46.6 Å². The summed E-state index contributed by atoms with van der Waals surface area (Å²) in [6.07, 6.45) is -0.903. The van der Waals surface area contributed by atoms with Crippen LogP contribution in [0.1, 0.15) is 16.8 Å². The van der Waals surface area contributed by atoms with Crippen LogP contribution in [0.25, 0.3) is 0 Å². The summed E-state index contributed by atoms with van der Waals surface area (Å²) in [5.74, 6) is -0.971. The van der Waals surface area contributed by atoms with Crippen LogP contribution in [-0.4, -0.2) is 17.9 Å². The van der Waals surface area contributed by atoms with E-state index in [-0.39, 0.29) is 22.3 Å². The molecule has 1 aromatic rings. The molecule has 0 saturated heterocycles. The van der Waals surface area contributed by atoms with Gasteiger partial charge in [-0.1, -0.05) is 46.9 Å². The van der Waals surface area contributed by atoms with Crippen LogP contribution < -0.4 is 0 Å². The highest BCUT2D eigenvalue weighted by Crippen LogP contribution is 2.31. The summed E-state index contributed by atoms with van der Waals surface area (Å²) >= 11 is 17.3. The second-order valence-corrected chi connectivity index (χ2v) is 4.86. The van der Waals surface area contributed by atoms with E-state index in [2.05, 4.69) is 0 Å². The van der Waals surface area contributed by atoms with Crippen LogP contribution >= 0.6 is 34.8 Å². The van der Waals surface area contributed by atoms with Crippen LogP contribution in [0.2, 0.25) is 5.02 Å². The Morgan fingerprint density at radius 2 is 1.89 bits per heavy atom. The van der Waals surface area contributed by atoms with Gasteiger partial charge in [0.05, 0.1) is 16.5 Å². The Labute approximate surface area is 118 Å². The number of carbonyl (C=O) groups excluding carboxylic acids is 2. The van der Waals surface area contributed by atoms with Gasteiger partial charge < -0.3 is 4.74 Å². The molecule has 0 fully saturated rings. The third kappa shape index (κ3) is 2.53. The molecule has 0 aromatic heterocycles. The fraction of sp³-hybridized carbons (Fsp3) is 0.167. The molecule has 1 atom stereocenters.